The van der Waals surface area contributed by atoms with E-state index in [9.17, 15) is 14.4 Å². The van der Waals surface area contributed by atoms with Crippen LogP contribution in [0.15, 0.2) is 30.3 Å². The van der Waals surface area contributed by atoms with E-state index in [-0.39, 0.29) is 36.2 Å². The minimum Gasteiger partial charge on any atom is -0.466 e. The highest BCUT2D eigenvalue weighted by Gasteiger charge is 2.46. The molecule has 128 valence electrons. The Morgan fingerprint density at radius 3 is 2.50 bits per heavy atom. The van der Waals surface area contributed by atoms with Gasteiger partial charge >= 0.3 is 5.97 Å². The zero-order valence-electron chi connectivity index (χ0n) is 13.9. The second-order valence-electron chi connectivity index (χ2n) is 6.34. The molecule has 1 unspecified atom stereocenters. The van der Waals surface area contributed by atoms with E-state index in [0.29, 0.717) is 25.1 Å². The topological polar surface area (TPSA) is 68.1 Å². The van der Waals surface area contributed by atoms with E-state index in [2.05, 4.69) is 0 Å². The highest BCUT2D eigenvalue weighted by molar-refractivity contribution is 6.21. The van der Waals surface area contributed by atoms with Crippen LogP contribution in [0, 0.1) is 5.92 Å². The summed E-state index contributed by atoms with van der Waals surface area (Å²) in [5.74, 6) is -0.491. The van der Waals surface area contributed by atoms with Gasteiger partial charge in [-0.05, 0) is 19.1 Å². The number of likely N-dealkylation sites (tertiary alicyclic amines) is 1. The van der Waals surface area contributed by atoms with Crippen molar-refractivity contribution in [2.45, 2.75) is 32.2 Å². The lowest BCUT2D eigenvalue weighted by molar-refractivity contribution is -0.920. The molecule has 3 rings (SSSR count). The molecule has 2 amide bonds. The summed E-state index contributed by atoms with van der Waals surface area (Å²) in [4.78, 5) is 39.3. The van der Waals surface area contributed by atoms with Crippen molar-refractivity contribution in [3.05, 3.63) is 30.3 Å². The van der Waals surface area contributed by atoms with Gasteiger partial charge in [-0.2, -0.15) is 0 Å². The summed E-state index contributed by atoms with van der Waals surface area (Å²) < 4.78 is 5.08. The molecular formula is C18H23N2O4+. The maximum absolute atomic E-state index is 12.7. The van der Waals surface area contributed by atoms with Crippen molar-refractivity contribution in [2.24, 2.45) is 5.92 Å². The number of imide groups is 1. The molecule has 2 saturated heterocycles. The number of anilines is 1. The molecule has 1 aromatic carbocycles. The van der Waals surface area contributed by atoms with Gasteiger partial charge in [0, 0.05) is 12.8 Å². The highest BCUT2D eigenvalue weighted by Crippen LogP contribution is 2.22. The van der Waals surface area contributed by atoms with Gasteiger partial charge in [0.05, 0.1) is 37.7 Å². The summed E-state index contributed by atoms with van der Waals surface area (Å²) in [5.41, 5.74) is 0.635. The zero-order chi connectivity index (χ0) is 17.1. The molecule has 0 spiro atoms. The van der Waals surface area contributed by atoms with Gasteiger partial charge in [0.25, 0.3) is 5.91 Å². The first kappa shape index (κ1) is 16.6. The Kier molecular flexibility index (Phi) is 4.94. The number of quaternary nitrogens is 1. The Morgan fingerprint density at radius 2 is 1.88 bits per heavy atom. The number of piperidine rings is 1. The first-order chi connectivity index (χ1) is 11.6. The predicted octanol–water partition coefficient (Wildman–Crippen LogP) is 0.177. The Labute approximate surface area is 141 Å². The van der Waals surface area contributed by atoms with Gasteiger partial charge in [0.1, 0.15) is 0 Å². The van der Waals surface area contributed by atoms with Crippen LogP contribution in [0.25, 0.3) is 0 Å². The molecule has 0 aliphatic carbocycles. The van der Waals surface area contributed by atoms with Gasteiger partial charge in [-0.15, -0.1) is 0 Å². The average molecular weight is 331 g/mol. The molecule has 2 fully saturated rings. The zero-order valence-corrected chi connectivity index (χ0v) is 13.9. The monoisotopic (exact) mass is 331 g/mol. The minimum atomic E-state index is -0.333. The number of nitrogens with zero attached hydrogens (tertiary/aromatic N) is 1. The fourth-order valence-electron chi connectivity index (χ4n) is 3.63. The van der Waals surface area contributed by atoms with Crippen LogP contribution < -0.4 is 9.80 Å². The number of amides is 2. The van der Waals surface area contributed by atoms with Crippen molar-refractivity contribution in [3.63, 3.8) is 0 Å². The molecule has 0 aromatic heterocycles. The van der Waals surface area contributed by atoms with Gasteiger partial charge in [-0.3, -0.25) is 14.4 Å². The third-order valence-corrected chi connectivity index (χ3v) is 4.90. The summed E-state index contributed by atoms with van der Waals surface area (Å²) in [6, 6.07) is 8.72. The van der Waals surface area contributed by atoms with Crippen molar-refractivity contribution in [3.8, 4) is 0 Å². The Hall–Kier alpha value is -2.21. The first-order valence-corrected chi connectivity index (χ1v) is 8.55. The smallest absolute Gasteiger partial charge is 0.309 e. The van der Waals surface area contributed by atoms with E-state index in [1.54, 1.807) is 19.1 Å². The van der Waals surface area contributed by atoms with E-state index in [4.69, 9.17) is 4.74 Å². The van der Waals surface area contributed by atoms with Crippen LogP contribution >= 0.6 is 0 Å². The van der Waals surface area contributed by atoms with Gasteiger partial charge in [-0.25, -0.2) is 4.90 Å². The van der Waals surface area contributed by atoms with Gasteiger partial charge < -0.3 is 9.64 Å². The van der Waals surface area contributed by atoms with E-state index < -0.39 is 0 Å². The van der Waals surface area contributed by atoms with Gasteiger partial charge in [-0.1, -0.05) is 18.2 Å². The Morgan fingerprint density at radius 1 is 1.21 bits per heavy atom. The molecule has 0 radical (unpaired) electrons. The van der Waals surface area contributed by atoms with Crippen molar-refractivity contribution in [1.82, 2.24) is 0 Å². The van der Waals surface area contributed by atoms with E-state index in [0.717, 1.165) is 18.0 Å². The molecule has 24 heavy (non-hydrogen) atoms. The third-order valence-electron chi connectivity index (χ3n) is 4.90. The molecule has 2 aliphatic rings. The number of benzene rings is 1. The quantitative estimate of drug-likeness (QED) is 0.631. The average Bonchev–Trinajstić information content (AvgIpc) is 2.90. The van der Waals surface area contributed by atoms with Crippen molar-refractivity contribution >= 4 is 23.5 Å². The van der Waals surface area contributed by atoms with E-state index >= 15 is 0 Å². The lowest BCUT2D eigenvalue weighted by atomic mass is 9.95. The highest BCUT2D eigenvalue weighted by atomic mass is 16.5. The number of hydrogen-bond acceptors (Lipinski definition) is 4. The Bertz CT molecular complexity index is 623. The van der Waals surface area contributed by atoms with Crippen LogP contribution in [0.4, 0.5) is 5.69 Å². The number of esters is 1. The lowest BCUT2D eigenvalue weighted by Crippen LogP contribution is -3.17. The number of nitrogens with one attached hydrogen (secondary N) is 1. The first-order valence-electron chi connectivity index (χ1n) is 8.55. The Balaban J connectivity index is 1.64. The molecule has 0 bridgehead atoms. The fourth-order valence-corrected chi connectivity index (χ4v) is 3.63. The second-order valence-corrected chi connectivity index (χ2v) is 6.34. The van der Waals surface area contributed by atoms with Crippen LogP contribution in [0.1, 0.15) is 26.2 Å². The van der Waals surface area contributed by atoms with Crippen molar-refractivity contribution in [2.75, 3.05) is 24.6 Å². The van der Waals surface area contributed by atoms with Crippen LogP contribution in [0.5, 0.6) is 0 Å². The third kappa shape index (κ3) is 3.19. The SMILES string of the molecule is CCOC(=O)C1CC[NH+](C2CC(=O)N(c3ccccc3)C2=O)CC1. The molecule has 0 saturated carbocycles. The number of hydrogen-bond donors (Lipinski definition) is 1. The van der Waals surface area contributed by atoms with Crippen molar-refractivity contribution in [1.29, 1.82) is 0 Å². The molecule has 1 aromatic rings. The van der Waals surface area contributed by atoms with Gasteiger partial charge in [0.15, 0.2) is 6.04 Å². The number of rotatable bonds is 4. The number of carbonyl (C=O) groups excluding carboxylic acids is 3. The summed E-state index contributed by atoms with van der Waals surface area (Å²) in [7, 11) is 0. The molecule has 1 atom stereocenters. The molecular weight excluding hydrogens is 308 g/mol. The normalized spacial score (nSPS) is 27.4. The summed E-state index contributed by atoms with van der Waals surface area (Å²) in [6.45, 7) is 3.64. The van der Waals surface area contributed by atoms with Gasteiger partial charge in [0.2, 0.25) is 5.91 Å². The summed E-state index contributed by atoms with van der Waals surface area (Å²) >= 11 is 0. The molecule has 1 N–H and O–H groups in total. The maximum atomic E-state index is 12.7. The molecule has 6 nitrogen and oxygen atoms in total. The number of para-hydroxylation sites is 1. The number of ether oxygens (including phenoxy) is 1. The standard InChI is InChI=1S/C18H22N2O4/c1-2-24-18(23)13-8-10-19(11-9-13)15-12-16(21)20(17(15)22)14-6-4-3-5-7-14/h3-7,13,15H,2,8-12H2,1H3/p+1. The summed E-state index contributed by atoms with van der Waals surface area (Å²) in [6.07, 6.45) is 1.65. The van der Waals surface area contributed by atoms with Crippen LogP contribution in [0.2, 0.25) is 0 Å². The van der Waals surface area contributed by atoms with Crippen LogP contribution in [-0.2, 0) is 19.1 Å². The molecule has 2 aliphatic heterocycles. The maximum Gasteiger partial charge on any atom is 0.309 e. The predicted molar refractivity (Wildman–Crippen MR) is 87.4 cm³/mol. The van der Waals surface area contributed by atoms with Crippen LogP contribution in [0.3, 0.4) is 0 Å². The van der Waals surface area contributed by atoms with E-state index in [1.807, 2.05) is 18.2 Å². The summed E-state index contributed by atoms with van der Waals surface area (Å²) in [5, 5.41) is 0. The second kappa shape index (κ2) is 7.13. The number of carbonyl (C=O) groups is 3. The fraction of sp³-hybridized carbons (Fsp3) is 0.500. The largest absolute Gasteiger partial charge is 0.466 e. The lowest BCUT2D eigenvalue weighted by Gasteiger charge is -2.31. The molecule has 2 heterocycles. The minimum absolute atomic E-state index is 0.0777. The molecule has 6 heteroatoms. The van der Waals surface area contributed by atoms with Crippen molar-refractivity contribution < 1.29 is 24.0 Å². The van der Waals surface area contributed by atoms with E-state index in [1.165, 1.54) is 4.90 Å². The van der Waals surface area contributed by atoms with Crippen LogP contribution in [-0.4, -0.2) is 43.5 Å².